The van der Waals surface area contributed by atoms with E-state index in [-0.39, 0.29) is 17.4 Å². The van der Waals surface area contributed by atoms with E-state index < -0.39 is 10.0 Å². The van der Waals surface area contributed by atoms with Gasteiger partial charge in [0.2, 0.25) is 0 Å². The van der Waals surface area contributed by atoms with Crippen LogP contribution in [-0.2, 0) is 10.0 Å². The van der Waals surface area contributed by atoms with Gasteiger partial charge < -0.3 is 5.11 Å². The number of aliphatic hydroxyl groups excluding tert-OH is 1. The van der Waals surface area contributed by atoms with Crippen molar-refractivity contribution >= 4 is 21.4 Å². The molecule has 0 radical (unpaired) electrons. The van der Waals surface area contributed by atoms with Crippen LogP contribution < -0.4 is 0 Å². The Morgan fingerprint density at radius 1 is 1.53 bits per heavy atom. The summed E-state index contributed by atoms with van der Waals surface area (Å²) < 4.78 is 25.8. The first-order chi connectivity index (χ1) is 8.06. The van der Waals surface area contributed by atoms with Gasteiger partial charge in [0.15, 0.2) is 0 Å². The minimum atomic E-state index is -3.52. The zero-order valence-corrected chi connectivity index (χ0v) is 11.1. The summed E-state index contributed by atoms with van der Waals surface area (Å²) in [7, 11) is -3.52. The number of hydrogen-bond donors (Lipinski definition) is 1. The Hall–Kier alpha value is -0.940. The minimum absolute atomic E-state index is 0.0418. The first kappa shape index (κ1) is 14.1. The highest BCUT2D eigenvalue weighted by molar-refractivity contribution is 7.91. The average molecular weight is 274 g/mol. The summed E-state index contributed by atoms with van der Waals surface area (Å²) in [5.41, 5.74) is 0. The molecule has 1 aromatic heterocycles. The van der Waals surface area contributed by atoms with Crippen LogP contribution in [0.1, 0.15) is 18.2 Å². The van der Waals surface area contributed by atoms with Crippen molar-refractivity contribution in [1.29, 1.82) is 5.26 Å². The van der Waals surface area contributed by atoms with Crippen molar-refractivity contribution in [3.05, 3.63) is 17.0 Å². The third-order valence-electron chi connectivity index (χ3n) is 2.20. The summed E-state index contributed by atoms with van der Waals surface area (Å²) in [5.74, 6) is 0. The van der Waals surface area contributed by atoms with Crippen LogP contribution in [-0.4, -0.2) is 37.5 Å². The molecule has 0 aliphatic rings. The van der Waals surface area contributed by atoms with E-state index in [0.29, 0.717) is 17.8 Å². The summed E-state index contributed by atoms with van der Waals surface area (Å²) in [5, 5.41) is 17.4. The molecule has 0 fully saturated rings. The van der Waals surface area contributed by atoms with Crippen LogP contribution in [0.15, 0.2) is 16.3 Å². The second kappa shape index (κ2) is 6.12. The number of nitrogens with zero attached hydrogens (tertiary/aromatic N) is 2. The first-order valence-electron chi connectivity index (χ1n) is 5.17. The second-order valence-corrected chi connectivity index (χ2v) is 6.55. The zero-order valence-electron chi connectivity index (χ0n) is 9.46. The summed E-state index contributed by atoms with van der Waals surface area (Å²) in [6, 6.07) is 4.86. The molecule has 17 heavy (non-hydrogen) atoms. The molecule has 5 nitrogen and oxygen atoms in total. The summed E-state index contributed by atoms with van der Waals surface area (Å²) in [4.78, 5) is 0.377. The molecule has 0 aliphatic carbocycles. The first-order valence-corrected chi connectivity index (χ1v) is 7.42. The number of hydrogen-bond acceptors (Lipinski definition) is 5. The van der Waals surface area contributed by atoms with Crippen LogP contribution in [0.2, 0.25) is 0 Å². The molecule has 1 aromatic rings. The molecule has 1 heterocycles. The Labute approximate surface area is 105 Å². The van der Waals surface area contributed by atoms with Crippen molar-refractivity contribution in [2.45, 2.75) is 17.6 Å². The van der Waals surface area contributed by atoms with E-state index in [0.717, 1.165) is 11.3 Å². The van der Waals surface area contributed by atoms with Gasteiger partial charge in [-0.3, -0.25) is 0 Å². The predicted molar refractivity (Wildman–Crippen MR) is 65.2 cm³/mol. The topological polar surface area (TPSA) is 81.4 Å². The second-order valence-electron chi connectivity index (χ2n) is 3.30. The molecule has 0 saturated carbocycles. The predicted octanol–water partition coefficient (Wildman–Crippen LogP) is 1.01. The van der Waals surface area contributed by atoms with Crippen molar-refractivity contribution in [3.8, 4) is 6.07 Å². The number of aliphatic hydroxyl groups is 1. The molecule has 0 aromatic carbocycles. The van der Waals surface area contributed by atoms with Crippen molar-refractivity contribution in [2.24, 2.45) is 0 Å². The minimum Gasteiger partial charge on any atom is -0.396 e. The molecule has 0 atom stereocenters. The fourth-order valence-corrected chi connectivity index (χ4v) is 4.09. The molecular weight excluding hydrogens is 260 g/mol. The standard InChI is InChI=1S/C10H14N2O3S2/c1-2-12(6-3-7-13)17(14,15)10-5-4-9(8-11)16-10/h4-5,13H,2-3,6-7H2,1H3. The smallest absolute Gasteiger partial charge is 0.252 e. The Morgan fingerprint density at radius 2 is 2.24 bits per heavy atom. The van der Waals surface area contributed by atoms with Gasteiger partial charge in [-0.15, -0.1) is 11.3 Å². The maximum Gasteiger partial charge on any atom is 0.252 e. The van der Waals surface area contributed by atoms with Crippen LogP contribution in [0.25, 0.3) is 0 Å². The molecule has 0 amide bonds. The van der Waals surface area contributed by atoms with Gasteiger partial charge in [-0.05, 0) is 18.6 Å². The van der Waals surface area contributed by atoms with Gasteiger partial charge in [-0.25, -0.2) is 8.42 Å². The Kier molecular flexibility index (Phi) is 5.08. The van der Waals surface area contributed by atoms with Crippen LogP contribution in [0, 0.1) is 11.3 Å². The molecule has 0 saturated heterocycles. The molecule has 1 N–H and O–H groups in total. The Bertz CT molecular complexity index is 502. The van der Waals surface area contributed by atoms with Crippen LogP contribution in [0.5, 0.6) is 0 Å². The highest BCUT2D eigenvalue weighted by Crippen LogP contribution is 2.24. The van der Waals surface area contributed by atoms with Crippen molar-refractivity contribution in [2.75, 3.05) is 19.7 Å². The van der Waals surface area contributed by atoms with Crippen LogP contribution in [0.4, 0.5) is 0 Å². The largest absolute Gasteiger partial charge is 0.396 e. The van der Waals surface area contributed by atoms with Crippen LogP contribution in [0.3, 0.4) is 0 Å². The van der Waals surface area contributed by atoms with Gasteiger partial charge in [0.1, 0.15) is 15.2 Å². The lowest BCUT2D eigenvalue weighted by molar-refractivity contribution is 0.271. The number of sulfonamides is 1. The Balaban J connectivity index is 2.96. The third-order valence-corrected chi connectivity index (χ3v) is 5.64. The van der Waals surface area contributed by atoms with Gasteiger partial charge in [-0.2, -0.15) is 9.57 Å². The van der Waals surface area contributed by atoms with Gasteiger partial charge in [0.05, 0.1) is 0 Å². The van der Waals surface area contributed by atoms with Gasteiger partial charge in [0.25, 0.3) is 10.0 Å². The molecule has 7 heteroatoms. The number of rotatable bonds is 6. The molecular formula is C10H14N2O3S2. The van der Waals surface area contributed by atoms with E-state index in [1.54, 1.807) is 6.92 Å². The Morgan fingerprint density at radius 3 is 2.71 bits per heavy atom. The molecule has 0 spiro atoms. The maximum absolute atomic E-state index is 12.1. The highest BCUT2D eigenvalue weighted by Gasteiger charge is 2.24. The molecule has 94 valence electrons. The van der Waals surface area contributed by atoms with Crippen molar-refractivity contribution < 1.29 is 13.5 Å². The summed E-state index contributed by atoms with van der Waals surface area (Å²) in [6.07, 6.45) is 0.406. The quantitative estimate of drug-likeness (QED) is 0.839. The molecule has 1 rings (SSSR count). The van der Waals surface area contributed by atoms with Crippen LogP contribution >= 0.6 is 11.3 Å². The number of thiophene rings is 1. The number of nitriles is 1. The fraction of sp³-hybridized carbons (Fsp3) is 0.500. The molecule has 0 aliphatic heterocycles. The fourth-order valence-electron chi connectivity index (χ4n) is 1.34. The van der Waals surface area contributed by atoms with Crippen molar-refractivity contribution in [3.63, 3.8) is 0 Å². The normalized spacial score (nSPS) is 11.6. The zero-order chi connectivity index (χ0) is 12.9. The van der Waals surface area contributed by atoms with Gasteiger partial charge >= 0.3 is 0 Å². The summed E-state index contributed by atoms with van der Waals surface area (Å²) >= 11 is 0.964. The van der Waals surface area contributed by atoms with E-state index >= 15 is 0 Å². The average Bonchev–Trinajstić information content (AvgIpc) is 2.79. The third kappa shape index (κ3) is 3.26. The van der Waals surface area contributed by atoms with E-state index in [2.05, 4.69) is 0 Å². The summed E-state index contributed by atoms with van der Waals surface area (Å²) in [6.45, 7) is 2.34. The molecule has 0 unspecified atom stereocenters. The monoisotopic (exact) mass is 274 g/mol. The SMILES string of the molecule is CCN(CCCO)S(=O)(=O)c1ccc(C#N)s1. The lowest BCUT2D eigenvalue weighted by atomic mass is 10.4. The molecule has 0 bridgehead atoms. The highest BCUT2D eigenvalue weighted by atomic mass is 32.2. The van der Waals surface area contributed by atoms with E-state index in [1.165, 1.54) is 16.4 Å². The lowest BCUT2D eigenvalue weighted by Crippen LogP contribution is -2.31. The van der Waals surface area contributed by atoms with Crippen molar-refractivity contribution in [1.82, 2.24) is 4.31 Å². The van der Waals surface area contributed by atoms with Gasteiger partial charge in [-0.1, -0.05) is 6.92 Å². The lowest BCUT2D eigenvalue weighted by Gasteiger charge is -2.18. The van der Waals surface area contributed by atoms with E-state index in [4.69, 9.17) is 10.4 Å². The van der Waals surface area contributed by atoms with E-state index in [9.17, 15) is 8.42 Å². The van der Waals surface area contributed by atoms with Gasteiger partial charge in [0, 0.05) is 19.7 Å². The van der Waals surface area contributed by atoms with E-state index in [1.807, 2.05) is 6.07 Å². The maximum atomic E-state index is 12.1.